The van der Waals surface area contributed by atoms with E-state index in [1.165, 1.54) is 0 Å². The Hall–Kier alpha value is -2.12. The summed E-state index contributed by atoms with van der Waals surface area (Å²) in [5, 5.41) is 0. The first-order chi connectivity index (χ1) is 13.5. The van der Waals surface area contributed by atoms with E-state index in [9.17, 15) is 19.2 Å². The van der Waals surface area contributed by atoms with Gasteiger partial charge in [-0.05, 0) is 30.1 Å². The Bertz CT molecular complexity index is 636. The SMILES string of the molecule is C[C@H]1CC2(C[C@@H]1C)OC(=O)C(CC1C(=O)OC3(C[C@H](C)[C@@H](C)C3)OC1=O)C(=O)O2. The second-order valence-electron chi connectivity index (χ2n) is 9.57. The first kappa shape index (κ1) is 20.2. The molecule has 0 N–H and O–H groups in total. The van der Waals surface area contributed by atoms with Gasteiger partial charge in [-0.2, -0.15) is 0 Å². The molecule has 2 aliphatic heterocycles. The highest BCUT2D eigenvalue weighted by Gasteiger charge is 2.58. The van der Waals surface area contributed by atoms with Crippen LogP contribution < -0.4 is 0 Å². The molecule has 29 heavy (non-hydrogen) atoms. The summed E-state index contributed by atoms with van der Waals surface area (Å²) in [7, 11) is 0. The van der Waals surface area contributed by atoms with Crippen molar-refractivity contribution in [3.8, 4) is 0 Å². The first-order valence-electron chi connectivity index (χ1n) is 10.4. The smallest absolute Gasteiger partial charge is 0.323 e. The van der Waals surface area contributed by atoms with Gasteiger partial charge in [-0.3, -0.25) is 19.2 Å². The van der Waals surface area contributed by atoms with Crippen LogP contribution in [-0.4, -0.2) is 35.5 Å². The molecule has 0 amide bonds. The van der Waals surface area contributed by atoms with Gasteiger partial charge in [0.2, 0.25) is 0 Å². The summed E-state index contributed by atoms with van der Waals surface area (Å²) in [6, 6.07) is 0. The summed E-state index contributed by atoms with van der Waals surface area (Å²) >= 11 is 0. The number of hydrogen-bond acceptors (Lipinski definition) is 8. The molecule has 4 rings (SSSR count). The molecular weight excluding hydrogens is 380 g/mol. The molecule has 0 aromatic rings. The molecule has 0 unspecified atom stereocenters. The van der Waals surface area contributed by atoms with Crippen LogP contribution in [0.15, 0.2) is 0 Å². The average molecular weight is 408 g/mol. The molecular formula is C21H28O8. The van der Waals surface area contributed by atoms with E-state index in [0.717, 1.165) is 0 Å². The highest BCUT2D eigenvalue weighted by Crippen LogP contribution is 2.47. The van der Waals surface area contributed by atoms with Crippen LogP contribution in [0, 0.1) is 35.5 Å². The van der Waals surface area contributed by atoms with Crippen molar-refractivity contribution in [3.05, 3.63) is 0 Å². The fourth-order valence-corrected chi connectivity index (χ4v) is 5.14. The first-order valence-corrected chi connectivity index (χ1v) is 10.4. The van der Waals surface area contributed by atoms with Crippen molar-refractivity contribution in [1.82, 2.24) is 0 Å². The Kier molecular flexibility index (Phi) is 4.66. The van der Waals surface area contributed by atoms with Crippen molar-refractivity contribution in [1.29, 1.82) is 0 Å². The third-order valence-electron chi connectivity index (χ3n) is 7.23. The van der Waals surface area contributed by atoms with Crippen LogP contribution in [0.4, 0.5) is 0 Å². The number of rotatable bonds is 2. The maximum Gasteiger partial charge on any atom is 0.323 e. The third-order valence-corrected chi connectivity index (χ3v) is 7.23. The summed E-state index contributed by atoms with van der Waals surface area (Å²) in [6.07, 6.45) is 1.43. The Morgan fingerprint density at radius 3 is 1.07 bits per heavy atom. The highest BCUT2D eigenvalue weighted by molar-refractivity contribution is 6.01. The van der Waals surface area contributed by atoms with Gasteiger partial charge in [-0.15, -0.1) is 0 Å². The molecule has 0 aromatic carbocycles. The monoisotopic (exact) mass is 408 g/mol. The maximum absolute atomic E-state index is 12.6. The van der Waals surface area contributed by atoms with Gasteiger partial charge in [0.05, 0.1) is 0 Å². The van der Waals surface area contributed by atoms with Crippen LogP contribution >= 0.6 is 0 Å². The van der Waals surface area contributed by atoms with Crippen molar-refractivity contribution >= 4 is 23.9 Å². The lowest BCUT2D eigenvalue weighted by Gasteiger charge is -2.38. The van der Waals surface area contributed by atoms with Crippen LogP contribution in [0.1, 0.15) is 59.8 Å². The molecule has 8 nitrogen and oxygen atoms in total. The number of ether oxygens (including phenoxy) is 4. The van der Waals surface area contributed by atoms with Crippen LogP contribution in [0.2, 0.25) is 0 Å². The van der Waals surface area contributed by atoms with Gasteiger partial charge in [0.15, 0.2) is 11.8 Å². The summed E-state index contributed by atoms with van der Waals surface area (Å²) in [4.78, 5) is 50.3. The number of carbonyl (C=O) groups excluding carboxylic acids is 4. The summed E-state index contributed by atoms with van der Waals surface area (Å²) < 4.78 is 22.0. The van der Waals surface area contributed by atoms with E-state index >= 15 is 0 Å². The summed E-state index contributed by atoms with van der Waals surface area (Å²) in [5.41, 5.74) is 0. The van der Waals surface area contributed by atoms with Crippen molar-refractivity contribution < 1.29 is 38.1 Å². The molecule has 4 aliphatic rings. The molecule has 2 spiro atoms. The lowest BCUT2D eigenvalue weighted by atomic mass is 9.92. The van der Waals surface area contributed by atoms with E-state index < -0.39 is 47.3 Å². The van der Waals surface area contributed by atoms with Gasteiger partial charge in [0.1, 0.15) is 0 Å². The van der Waals surface area contributed by atoms with Gasteiger partial charge in [-0.1, -0.05) is 27.7 Å². The molecule has 160 valence electrons. The quantitative estimate of drug-likeness (QED) is 0.506. The molecule has 2 saturated carbocycles. The number of carbonyl (C=O) groups is 4. The Labute approximate surface area is 169 Å². The van der Waals surface area contributed by atoms with Crippen LogP contribution in [0.3, 0.4) is 0 Å². The largest absolute Gasteiger partial charge is 0.422 e. The highest BCUT2D eigenvalue weighted by atomic mass is 16.8. The average Bonchev–Trinajstić information content (AvgIpc) is 3.00. The number of esters is 4. The molecule has 2 aliphatic carbocycles. The van der Waals surface area contributed by atoms with E-state index in [1.54, 1.807) is 0 Å². The Morgan fingerprint density at radius 2 is 0.828 bits per heavy atom. The van der Waals surface area contributed by atoms with Gasteiger partial charge < -0.3 is 18.9 Å². The Morgan fingerprint density at radius 1 is 0.586 bits per heavy atom. The molecule has 8 heteroatoms. The van der Waals surface area contributed by atoms with Crippen LogP contribution in [0.5, 0.6) is 0 Å². The predicted molar refractivity (Wildman–Crippen MR) is 96.6 cm³/mol. The lowest BCUT2D eigenvalue weighted by molar-refractivity contribution is -0.257. The minimum Gasteiger partial charge on any atom is -0.422 e. The van der Waals surface area contributed by atoms with Gasteiger partial charge in [0, 0.05) is 25.7 Å². The van der Waals surface area contributed by atoms with E-state index in [0.29, 0.717) is 25.7 Å². The van der Waals surface area contributed by atoms with Crippen molar-refractivity contribution in [3.63, 3.8) is 0 Å². The molecule has 0 aromatic heterocycles. The zero-order chi connectivity index (χ0) is 21.1. The van der Waals surface area contributed by atoms with E-state index in [-0.39, 0.29) is 30.1 Å². The second-order valence-corrected chi connectivity index (χ2v) is 9.57. The van der Waals surface area contributed by atoms with Crippen LogP contribution in [0.25, 0.3) is 0 Å². The molecule has 4 atom stereocenters. The van der Waals surface area contributed by atoms with Crippen molar-refractivity contribution in [2.45, 2.75) is 71.4 Å². The summed E-state index contributed by atoms with van der Waals surface area (Å²) in [6.45, 7) is 8.06. The van der Waals surface area contributed by atoms with E-state index in [1.807, 2.05) is 27.7 Å². The zero-order valence-corrected chi connectivity index (χ0v) is 17.3. The molecule has 4 fully saturated rings. The lowest BCUT2D eigenvalue weighted by Crippen LogP contribution is -2.52. The molecule has 2 saturated heterocycles. The standard InChI is InChI=1S/C21H28O8/c1-10-6-20(7-11(10)2)26-16(22)14(17(23)27-20)5-15-18(24)28-21(29-19(15)25)8-12(3)13(4)9-21/h10-15H,5-9H2,1-4H3/t10-,11-,12-,13-/m0/s1. The molecule has 0 radical (unpaired) electrons. The minimum absolute atomic E-state index is 0.253. The van der Waals surface area contributed by atoms with E-state index in [2.05, 4.69) is 0 Å². The number of hydrogen-bond donors (Lipinski definition) is 0. The molecule has 2 heterocycles. The van der Waals surface area contributed by atoms with E-state index in [4.69, 9.17) is 18.9 Å². The van der Waals surface area contributed by atoms with Crippen LogP contribution in [-0.2, 0) is 38.1 Å². The third kappa shape index (κ3) is 3.40. The fourth-order valence-electron chi connectivity index (χ4n) is 5.14. The second kappa shape index (κ2) is 6.71. The Balaban J connectivity index is 1.44. The van der Waals surface area contributed by atoms with Gasteiger partial charge in [-0.25, -0.2) is 0 Å². The topological polar surface area (TPSA) is 105 Å². The normalized spacial score (nSPS) is 38.7. The van der Waals surface area contributed by atoms with Crippen molar-refractivity contribution in [2.75, 3.05) is 0 Å². The molecule has 0 bridgehead atoms. The summed E-state index contributed by atoms with van der Waals surface area (Å²) in [5.74, 6) is -7.15. The maximum atomic E-state index is 12.6. The van der Waals surface area contributed by atoms with Gasteiger partial charge >= 0.3 is 23.9 Å². The van der Waals surface area contributed by atoms with Gasteiger partial charge in [0.25, 0.3) is 11.6 Å². The van der Waals surface area contributed by atoms with Crippen molar-refractivity contribution in [2.24, 2.45) is 35.5 Å². The predicted octanol–water partition coefficient (Wildman–Crippen LogP) is 2.33. The zero-order valence-electron chi connectivity index (χ0n) is 17.3. The fraction of sp³-hybridized carbons (Fsp3) is 0.810. The minimum atomic E-state index is -1.34.